The third kappa shape index (κ3) is 5.83. The molecule has 0 aliphatic rings. The largest absolute Gasteiger partial charge is 0.545 e. The van der Waals surface area contributed by atoms with Crippen LogP contribution in [0.5, 0.6) is 5.75 Å². The number of likely N-dealkylation sites (N-methyl/N-ethyl adjacent to an activating group) is 1. The molecule has 116 valence electrons. The van der Waals surface area contributed by atoms with Crippen LogP contribution < -0.4 is 20.1 Å². The number of quaternary nitrogens is 1. The zero-order valence-electron chi connectivity index (χ0n) is 12.5. The summed E-state index contributed by atoms with van der Waals surface area (Å²) in [5, 5.41) is 13.6. The Balaban J connectivity index is 2.38. The van der Waals surface area contributed by atoms with Crippen molar-refractivity contribution >= 4 is 11.9 Å². The number of carbonyl (C=O) groups is 2. The number of nitrogens with one attached hydrogen (secondary N) is 2. The van der Waals surface area contributed by atoms with E-state index in [4.69, 9.17) is 4.74 Å². The molecule has 1 aromatic rings. The van der Waals surface area contributed by atoms with Crippen LogP contribution in [0.15, 0.2) is 24.3 Å². The lowest BCUT2D eigenvalue weighted by molar-refractivity contribution is -0.895. The van der Waals surface area contributed by atoms with Gasteiger partial charge < -0.3 is 24.9 Å². The minimum atomic E-state index is -1.32. The molecular formula is C15H22N2O4. The molecule has 6 heteroatoms. The Morgan fingerprint density at radius 3 is 2.52 bits per heavy atom. The molecule has 0 aliphatic heterocycles. The minimum absolute atomic E-state index is 0.0575. The summed E-state index contributed by atoms with van der Waals surface area (Å²) in [6, 6.07) is 6.10. The molecule has 0 saturated carbocycles. The number of carboxylic acids is 1. The summed E-state index contributed by atoms with van der Waals surface area (Å²) in [6.45, 7) is 7.44. The number of rotatable bonds is 9. The second-order valence-corrected chi connectivity index (χ2v) is 4.63. The van der Waals surface area contributed by atoms with E-state index in [1.165, 1.54) is 17.0 Å². The van der Waals surface area contributed by atoms with Crippen molar-refractivity contribution in [1.82, 2.24) is 5.32 Å². The van der Waals surface area contributed by atoms with Gasteiger partial charge in [0.25, 0.3) is 5.91 Å². The lowest BCUT2D eigenvalue weighted by Crippen LogP contribution is -3.12. The van der Waals surface area contributed by atoms with Crippen LogP contribution in [0, 0.1) is 0 Å². The summed E-state index contributed by atoms with van der Waals surface area (Å²) in [4.78, 5) is 23.9. The first-order valence-electron chi connectivity index (χ1n) is 7.11. The number of para-hydroxylation sites is 1. The third-order valence-corrected chi connectivity index (χ3v) is 3.27. The van der Waals surface area contributed by atoms with Crippen LogP contribution in [-0.2, 0) is 4.79 Å². The molecule has 0 fully saturated rings. The van der Waals surface area contributed by atoms with Crippen LogP contribution in [0.1, 0.15) is 24.2 Å². The van der Waals surface area contributed by atoms with Crippen molar-refractivity contribution in [1.29, 1.82) is 0 Å². The molecule has 2 N–H and O–H groups in total. The molecule has 0 radical (unpaired) electrons. The highest BCUT2D eigenvalue weighted by Gasteiger charge is 2.08. The summed E-state index contributed by atoms with van der Waals surface area (Å²) in [5.41, 5.74) is -0.0575. The van der Waals surface area contributed by atoms with Gasteiger partial charge in [-0.25, -0.2) is 0 Å². The van der Waals surface area contributed by atoms with E-state index < -0.39 is 5.97 Å². The summed E-state index contributed by atoms with van der Waals surface area (Å²) < 4.78 is 5.23. The Labute approximate surface area is 124 Å². The van der Waals surface area contributed by atoms with Crippen molar-refractivity contribution in [2.75, 3.05) is 32.8 Å². The number of amides is 1. The van der Waals surface area contributed by atoms with E-state index in [0.717, 1.165) is 19.6 Å². The topological polar surface area (TPSA) is 82.9 Å². The highest BCUT2D eigenvalue weighted by Crippen LogP contribution is 2.16. The molecule has 1 amide bonds. The average Bonchev–Trinajstić information content (AvgIpc) is 2.49. The molecule has 6 nitrogen and oxygen atoms in total. The summed E-state index contributed by atoms with van der Waals surface area (Å²) in [5.74, 6) is -1.45. The van der Waals surface area contributed by atoms with E-state index in [9.17, 15) is 14.7 Å². The highest BCUT2D eigenvalue weighted by atomic mass is 16.5. The second-order valence-electron chi connectivity index (χ2n) is 4.63. The first-order chi connectivity index (χ1) is 10.1. The fourth-order valence-corrected chi connectivity index (χ4v) is 1.94. The van der Waals surface area contributed by atoms with E-state index in [1.807, 2.05) is 0 Å². The quantitative estimate of drug-likeness (QED) is 0.579. The predicted octanol–water partition coefficient (Wildman–Crippen LogP) is -1.53. The zero-order chi connectivity index (χ0) is 15.7. The van der Waals surface area contributed by atoms with Crippen LogP contribution in [-0.4, -0.2) is 44.7 Å². The number of ether oxygens (including phenoxy) is 1. The van der Waals surface area contributed by atoms with E-state index in [-0.39, 0.29) is 23.8 Å². The van der Waals surface area contributed by atoms with Crippen molar-refractivity contribution in [3.05, 3.63) is 29.8 Å². The second kappa shape index (κ2) is 8.97. The van der Waals surface area contributed by atoms with Crippen LogP contribution in [0.4, 0.5) is 0 Å². The standard InChI is InChI=1S/C15H22N2O4/c1-3-17(4-2)10-9-16-14(18)11-21-13-8-6-5-7-12(13)15(19)20/h5-8H,3-4,9-11H2,1-2H3,(H,16,18)(H,19,20). The van der Waals surface area contributed by atoms with E-state index in [0.29, 0.717) is 6.54 Å². The van der Waals surface area contributed by atoms with Crippen LogP contribution in [0.3, 0.4) is 0 Å². The van der Waals surface area contributed by atoms with Crippen LogP contribution in [0.2, 0.25) is 0 Å². The number of carbonyl (C=O) groups excluding carboxylic acids is 2. The molecule has 1 aromatic carbocycles. The number of hydrogen-bond donors (Lipinski definition) is 2. The number of hydrogen-bond acceptors (Lipinski definition) is 4. The smallest absolute Gasteiger partial charge is 0.258 e. The van der Waals surface area contributed by atoms with Gasteiger partial charge in [-0.1, -0.05) is 12.1 Å². The molecular weight excluding hydrogens is 272 g/mol. The normalized spacial score (nSPS) is 10.4. The Bertz CT molecular complexity index is 472. The molecule has 0 aliphatic carbocycles. The Morgan fingerprint density at radius 1 is 1.24 bits per heavy atom. The van der Waals surface area contributed by atoms with Crippen molar-refractivity contribution in [3.63, 3.8) is 0 Å². The van der Waals surface area contributed by atoms with Crippen molar-refractivity contribution < 1.29 is 24.3 Å². The maximum atomic E-state index is 11.6. The Hall–Kier alpha value is -2.08. The first kappa shape index (κ1) is 17.0. The monoisotopic (exact) mass is 294 g/mol. The van der Waals surface area contributed by atoms with Gasteiger partial charge in [-0.3, -0.25) is 4.79 Å². The molecule has 1 rings (SSSR count). The maximum Gasteiger partial charge on any atom is 0.258 e. The molecule has 21 heavy (non-hydrogen) atoms. The van der Waals surface area contributed by atoms with Gasteiger partial charge in [0.1, 0.15) is 5.75 Å². The van der Waals surface area contributed by atoms with E-state index >= 15 is 0 Å². The lowest BCUT2D eigenvalue weighted by atomic mass is 10.2. The molecule has 0 spiro atoms. The first-order valence-corrected chi connectivity index (χ1v) is 7.11. The van der Waals surface area contributed by atoms with Crippen molar-refractivity contribution in [2.45, 2.75) is 13.8 Å². The minimum Gasteiger partial charge on any atom is -0.545 e. The van der Waals surface area contributed by atoms with Crippen molar-refractivity contribution in [2.24, 2.45) is 0 Å². The molecule has 0 heterocycles. The third-order valence-electron chi connectivity index (χ3n) is 3.27. The van der Waals surface area contributed by atoms with Gasteiger partial charge in [0.05, 0.1) is 32.1 Å². The SMILES string of the molecule is CC[NH+](CC)CCNC(=O)COc1ccccc1C(=O)[O-]. The summed E-state index contributed by atoms with van der Waals surface area (Å²) in [7, 11) is 0. The summed E-state index contributed by atoms with van der Waals surface area (Å²) >= 11 is 0. The molecule has 0 aromatic heterocycles. The maximum absolute atomic E-state index is 11.6. The molecule has 0 atom stereocenters. The molecule has 0 unspecified atom stereocenters. The van der Waals surface area contributed by atoms with E-state index in [1.54, 1.807) is 12.1 Å². The molecule has 0 saturated heterocycles. The van der Waals surface area contributed by atoms with E-state index in [2.05, 4.69) is 19.2 Å². The van der Waals surface area contributed by atoms with Gasteiger partial charge in [0.2, 0.25) is 0 Å². The highest BCUT2D eigenvalue weighted by molar-refractivity contribution is 5.89. The van der Waals surface area contributed by atoms with Gasteiger partial charge in [0.15, 0.2) is 6.61 Å². The van der Waals surface area contributed by atoms with Crippen LogP contribution in [0.25, 0.3) is 0 Å². The Kier molecular flexibility index (Phi) is 7.25. The van der Waals surface area contributed by atoms with Gasteiger partial charge in [-0.2, -0.15) is 0 Å². The fourth-order valence-electron chi connectivity index (χ4n) is 1.94. The average molecular weight is 294 g/mol. The fraction of sp³-hybridized carbons (Fsp3) is 0.467. The van der Waals surface area contributed by atoms with Gasteiger partial charge in [0, 0.05) is 5.56 Å². The van der Waals surface area contributed by atoms with Gasteiger partial charge in [-0.05, 0) is 26.0 Å². The predicted molar refractivity (Wildman–Crippen MR) is 76.2 cm³/mol. The van der Waals surface area contributed by atoms with Gasteiger partial charge in [-0.15, -0.1) is 0 Å². The lowest BCUT2D eigenvalue weighted by Gasteiger charge is -2.16. The van der Waals surface area contributed by atoms with Gasteiger partial charge >= 0.3 is 0 Å². The Morgan fingerprint density at radius 2 is 1.90 bits per heavy atom. The number of benzene rings is 1. The number of aromatic carboxylic acids is 1. The van der Waals surface area contributed by atoms with Crippen LogP contribution >= 0.6 is 0 Å². The van der Waals surface area contributed by atoms with Crippen molar-refractivity contribution in [3.8, 4) is 5.75 Å². The number of carboxylic acid groups (broad SMARTS) is 1. The molecule has 0 bridgehead atoms. The summed E-state index contributed by atoms with van der Waals surface area (Å²) in [6.07, 6.45) is 0. The zero-order valence-corrected chi connectivity index (χ0v) is 12.5.